The van der Waals surface area contributed by atoms with Crippen molar-refractivity contribution in [1.29, 1.82) is 0 Å². The Morgan fingerprint density at radius 2 is 1.63 bits per heavy atom. The molecule has 7 heteroatoms. The van der Waals surface area contributed by atoms with Gasteiger partial charge >= 0.3 is 0 Å². The molecule has 27 heavy (non-hydrogen) atoms. The number of nitrogens with one attached hydrogen (secondary N) is 2. The minimum absolute atomic E-state index is 0.251. The molecule has 0 aliphatic carbocycles. The minimum atomic E-state index is -0.396. The first kappa shape index (κ1) is 18.4. The molecule has 2 aromatic carbocycles. The largest absolute Gasteiger partial charge is 0.497 e. The normalized spacial score (nSPS) is 10.1. The third kappa shape index (κ3) is 4.62. The summed E-state index contributed by atoms with van der Waals surface area (Å²) in [5, 5.41) is 5.89. The summed E-state index contributed by atoms with van der Waals surface area (Å²) in [4.78, 5) is 29.0. The number of carbonyl (C=O) groups excluding carboxylic acids is 2. The summed E-state index contributed by atoms with van der Waals surface area (Å²) in [5.74, 6) is -0.0630. The van der Waals surface area contributed by atoms with Gasteiger partial charge in [-0.3, -0.25) is 14.6 Å². The summed E-state index contributed by atoms with van der Waals surface area (Å²) in [6, 6.07) is 14.8. The molecule has 3 rings (SSSR count). The Kier molecular flexibility index (Phi) is 5.68. The van der Waals surface area contributed by atoms with E-state index in [9.17, 15) is 9.59 Å². The molecule has 0 unspecified atom stereocenters. The molecule has 0 saturated carbocycles. The number of carbonyl (C=O) groups is 2. The van der Waals surface area contributed by atoms with E-state index in [4.69, 9.17) is 16.3 Å². The van der Waals surface area contributed by atoms with Crippen LogP contribution in [0.15, 0.2) is 67.0 Å². The average molecular weight is 382 g/mol. The predicted molar refractivity (Wildman–Crippen MR) is 105 cm³/mol. The maximum absolute atomic E-state index is 12.7. The molecule has 0 saturated heterocycles. The van der Waals surface area contributed by atoms with Crippen LogP contribution in [0.2, 0.25) is 5.02 Å². The molecule has 6 nitrogen and oxygen atoms in total. The second-order valence-corrected chi connectivity index (χ2v) is 6.00. The van der Waals surface area contributed by atoms with Gasteiger partial charge in [-0.05, 0) is 54.6 Å². The van der Waals surface area contributed by atoms with Crippen molar-refractivity contribution in [2.75, 3.05) is 17.7 Å². The number of aromatic nitrogens is 1. The minimum Gasteiger partial charge on any atom is -0.497 e. The topological polar surface area (TPSA) is 80.3 Å². The molecule has 0 aliphatic rings. The Morgan fingerprint density at radius 1 is 0.926 bits per heavy atom. The van der Waals surface area contributed by atoms with Gasteiger partial charge < -0.3 is 15.4 Å². The van der Waals surface area contributed by atoms with Gasteiger partial charge in [-0.25, -0.2) is 0 Å². The van der Waals surface area contributed by atoms with Crippen LogP contribution in [0.25, 0.3) is 0 Å². The predicted octanol–water partition coefficient (Wildman–Crippen LogP) is 4.25. The number of halogens is 1. The number of amides is 2. The lowest BCUT2D eigenvalue weighted by atomic mass is 10.1. The van der Waals surface area contributed by atoms with E-state index in [0.717, 1.165) is 0 Å². The monoisotopic (exact) mass is 381 g/mol. The van der Waals surface area contributed by atoms with Gasteiger partial charge in [0.05, 0.1) is 18.4 Å². The average Bonchev–Trinajstić information content (AvgIpc) is 2.70. The maximum Gasteiger partial charge on any atom is 0.257 e. The van der Waals surface area contributed by atoms with Gasteiger partial charge in [-0.1, -0.05) is 11.6 Å². The van der Waals surface area contributed by atoms with Gasteiger partial charge in [0.25, 0.3) is 11.8 Å². The van der Waals surface area contributed by atoms with Gasteiger partial charge in [0.2, 0.25) is 0 Å². The van der Waals surface area contributed by atoms with E-state index in [0.29, 0.717) is 27.7 Å². The van der Waals surface area contributed by atoms with E-state index in [1.165, 1.54) is 18.5 Å². The number of methoxy groups -OCH3 is 1. The zero-order valence-electron chi connectivity index (χ0n) is 14.4. The van der Waals surface area contributed by atoms with Crippen molar-refractivity contribution >= 4 is 34.8 Å². The molecule has 1 heterocycles. The molecular weight excluding hydrogens is 366 g/mol. The Bertz CT molecular complexity index is 960. The zero-order valence-corrected chi connectivity index (χ0v) is 15.2. The fraction of sp³-hybridized carbons (Fsp3) is 0.0500. The smallest absolute Gasteiger partial charge is 0.257 e. The molecule has 136 valence electrons. The summed E-state index contributed by atoms with van der Waals surface area (Å²) >= 11 is 6.04. The van der Waals surface area contributed by atoms with E-state index >= 15 is 0 Å². The van der Waals surface area contributed by atoms with Gasteiger partial charge in [-0.15, -0.1) is 0 Å². The SMILES string of the molecule is COc1ccc(NC(=O)c2cc(Cl)ccc2NC(=O)c2ccncc2)cc1. The fourth-order valence-corrected chi connectivity index (χ4v) is 2.56. The molecule has 0 fully saturated rings. The zero-order chi connectivity index (χ0) is 19.2. The first-order valence-corrected chi connectivity index (χ1v) is 8.41. The van der Waals surface area contributed by atoms with E-state index < -0.39 is 5.91 Å². The Labute approximate surface area is 161 Å². The lowest BCUT2D eigenvalue weighted by Gasteiger charge is -2.12. The molecule has 2 amide bonds. The van der Waals surface area contributed by atoms with E-state index in [1.54, 1.807) is 55.6 Å². The van der Waals surface area contributed by atoms with Crippen LogP contribution >= 0.6 is 11.6 Å². The van der Waals surface area contributed by atoms with Gasteiger partial charge in [0.15, 0.2) is 0 Å². The Morgan fingerprint density at radius 3 is 2.30 bits per heavy atom. The highest BCUT2D eigenvalue weighted by Gasteiger charge is 2.15. The lowest BCUT2D eigenvalue weighted by molar-refractivity contribution is 0.102. The van der Waals surface area contributed by atoms with Gasteiger partial charge in [0.1, 0.15) is 5.75 Å². The number of rotatable bonds is 5. The van der Waals surface area contributed by atoms with Crippen LogP contribution < -0.4 is 15.4 Å². The quantitative estimate of drug-likeness (QED) is 0.692. The number of pyridine rings is 1. The first-order valence-electron chi connectivity index (χ1n) is 8.03. The third-order valence-electron chi connectivity index (χ3n) is 3.76. The van der Waals surface area contributed by atoms with Crippen LogP contribution in [0.5, 0.6) is 5.75 Å². The van der Waals surface area contributed by atoms with Crippen molar-refractivity contribution in [2.24, 2.45) is 0 Å². The van der Waals surface area contributed by atoms with Crippen molar-refractivity contribution in [3.63, 3.8) is 0 Å². The van der Waals surface area contributed by atoms with Gasteiger partial charge in [-0.2, -0.15) is 0 Å². The number of hydrogen-bond acceptors (Lipinski definition) is 4. The number of ether oxygens (including phenoxy) is 1. The summed E-state index contributed by atoms with van der Waals surface area (Å²) < 4.78 is 5.10. The first-order chi connectivity index (χ1) is 13.1. The lowest BCUT2D eigenvalue weighted by Crippen LogP contribution is -2.18. The van der Waals surface area contributed by atoms with Crippen molar-refractivity contribution in [1.82, 2.24) is 4.98 Å². The van der Waals surface area contributed by atoms with E-state index in [2.05, 4.69) is 15.6 Å². The summed E-state index contributed by atoms with van der Waals surface area (Å²) in [6.07, 6.45) is 3.04. The summed E-state index contributed by atoms with van der Waals surface area (Å²) in [7, 11) is 1.57. The van der Waals surface area contributed by atoms with Gasteiger partial charge in [0, 0.05) is 28.7 Å². The fourth-order valence-electron chi connectivity index (χ4n) is 2.38. The number of hydrogen-bond donors (Lipinski definition) is 2. The Hall–Kier alpha value is -3.38. The van der Waals surface area contributed by atoms with E-state index in [-0.39, 0.29) is 11.5 Å². The maximum atomic E-state index is 12.7. The van der Waals surface area contributed by atoms with Crippen LogP contribution in [0.1, 0.15) is 20.7 Å². The van der Waals surface area contributed by atoms with Crippen LogP contribution in [0.4, 0.5) is 11.4 Å². The molecule has 1 aromatic heterocycles. The molecule has 0 spiro atoms. The van der Waals surface area contributed by atoms with Crippen LogP contribution in [0, 0.1) is 0 Å². The molecule has 0 atom stereocenters. The van der Waals surface area contributed by atoms with Crippen molar-refractivity contribution in [3.05, 3.63) is 83.1 Å². The number of anilines is 2. The molecule has 0 radical (unpaired) electrons. The van der Waals surface area contributed by atoms with Crippen LogP contribution in [0.3, 0.4) is 0 Å². The molecule has 0 aliphatic heterocycles. The van der Waals surface area contributed by atoms with Crippen molar-refractivity contribution in [3.8, 4) is 5.75 Å². The van der Waals surface area contributed by atoms with Crippen molar-refractivity contribution < 1.29 is 14.3 Å². The highest BCUT2D eigenvalue weighted by Crippen LogP contribution is 2.23. The standard InChI is InChI=1S/C20H16ClN3O3/c1-27-16-5-3-15(4-6-16)23-20(26)17-12-14(21)2-7-18(17)24-19(25)13-8-10-22-11-9-13/h2-12H,1H3,(H,23,26)(H,24,25). The third-order valence-corrected chi connectivity index (χ3v) is 4.00. The summed E-state index contributed by atoms with van der Waals surface area (Å²) in [6.45, 7) is 0. The number of nitrogens with zero attached hydrogens (tertiary/aromatic N) is 1. The molecule has 2 N–H and O–H groups in total. The molecule has 0 bridgehead atoms. The molecule has 3 aromatic rings. The second kappa shape index (κ2) is 8.33. The second-order valence-electron chi connectivity index (χ2n) is 5.56. The highest BCUT2D eigenvalue weighted by molar-refractivity contribution is 6.31. The van der Waals surface area contributed by atoms with Crippen LogP contribution in [-0.2, 0) is 0 Å². The number of benzene rings is 2. The summed E-state index contributed by atoms with van der Waals surface area (Å²) in [5.41, 5.74) is 1.63. The highest BCUT2D eigenvalue weighted by atomic mass is 35.5. The Balaban J connectivity index is 1.82. The van der Waals surface area contributed by atoms with Crippen LogP contribution in [-0.4, -0.2) is 23.9 Å². The van der Waals surface area contributed by atoms with Crippen molar-refractivity contribution in [2.45, 2.75) is 0 Å². The van der Waals surface area contributed by atoms with E-state index in [1.807, 2.05) is 0 Å². The molecular formula is C20H16ClN3O3.